The van der Waals surface area contributed by atoms with Crippen LogP contribution >= 0.6 is 0 Å². The number of benzene rings is 2. The van der Waals surface area contributed by atoms with Crippen LogP contribution in [-0.2, 0) is 19.6 Å². The fraction of sp³-hybridized carbons (Fsp3) is 0.250. The summed E-state index contributed by atoms with van der Waals surface area (Å²) < 4.78 is 11.0. The summed E-state index contributed by atoms with van der Waals surface area (Å²) in [7, 11) is 3.45. The molecule has 6 nitrogen and oxygen atoms in total. The van der Waals surface area contributed by atoms with Crippen molar-refractivity contribution in [2.24, 2.45) is 4.99 Å². The summed E-state index contributed by atoms with van der Waals surface area (Å²) in [5.41, 5.74) is 3.27. The van der Waals surface area contributed by atoms with Gasteiger partial charge in [-0.2, -0.15) is 0 Å². The van der Waals surface area contributed by atoms with Crippen LogP contribution in [0.5, 0.6) is 11.5 Å². The van der Waals surface area contributed by atoms with Gasteiger partial charge in [0, 0.05) is 26.3 Å². The van der Waals surface area contributed by atoms with E-state index < -0.39 is 0 Å². The third kappa shape index (κ3) is 6.81. The summed E-state index contributed by atoms with van der Waals surface area (Å²) >= 11 is 0. The number of methoxy groups -OCH3 is 1. The molecule has 1 aromatic heterocycles. The first-order valence-electron chi connectivity index (χ1n) is 9.96. The van der Waals surface area contributed by atoms with E-state index in [2.05, 4.69) is 38.8 Å². The van der Waals surface area contributed by atoms with Crippen molar-refractivity contribution in [2.45, 2.75) is 19.6 Å². The Morgan fingerprint density at radius 2 is 1.80 bits per heavy atom. The molecule has 0 amide bonds. The summed E-state index contributed by atoms with van der Waals surface area (Å²) in [4.78, 5) is 8.57. The van der Waals surface area contributed by atoms with Crippen molar-refractivity contribution < 1.29 is 9.47 Å². The number of pyridine rings is 1. The molecular formula is C24H28N4O2. The molecule has 1 heterocycles. The van der Waals surface area contributed by atoms with Gasteiger partial charge in [0.2, 0.25) is 0 Å². The van der Waals surface area contributed by atoms with Gasteiger partial charge >= 0.3 is 0 Å². The predicted octanol–water partition coefficient (Wildman–Crippen LogP) is 3.58. The quantitative estimate of drug-likeness (QED) is 0.422. The third-order valence-corrected chi connectivity index (χ3v) is 4.56. The van der Waals surface area contributed by atoms with E-state index in [9.17, 15) is 0 Å². The fourth-order valence-corrected chi connectivity index (χ4v) is 2.91. The zero-order valence-electron chi connectivity index (χ0n) is 17.5. The van der Waals surface area contributed by atoms with Crippen LogP contribution < -0.4 is 20.1 Å². The van der Waals surface area contributed by atoms with Gasteiger partial charge < -0.3 is 20.1 Å². The van der Waals surface area contributed by atoms with Crippen LogP contribution in [0.3, 0.4) is 0 Å². The van der Waals surface area contributed by atoms with Crippen molar-refractivity contribution in [1.29, 1.82) is 0 Å². The monoisotopic (exact) mass is 404 g/mol. The smallest absolute Gasteiger partial charge is 0.191 e. The largest absolute Gasteiger partial charge is 0.497 e. The van der Waals surface area contributed by atoms with E-state index in [-0.39, 0.29) is 0 Å². The first-order chi connectivity index (χ1) is 14.8. The van der Waals surface area contributed by atoms with Crippen LogP contribution in [0, 0.1) is 0 Å². The summed E-state index contributed by atoms with van der Waals surface area (Å²) in [6, 6.07) is 21.9. The molecule has 0 unspecified atom stereocenters. The lowest BCUT2D eigenvalue weighted by Crippen LogP contribution is -2.37. The van der Waals surface area contributed by atoms with E-state index in [0.29, 0.717) is 13.2 Å². The highest BCUT2D eigenvalue weighted by Gasteiger charge is 2.02. The second kappa shape index (κ2) is 11.5. The lowest BCUT2D eigenvalue weighted by Gasteiger charge is -2.13. The van der Waals surface area contributed by atoms with Gasteiger partial charge in [-0.05, 0) is 53.9 Å². The van der Waals surface area contributed by atoms with Gasteiger partial charge in [-0.25, -0.2) is 0 Å². The predicted molar refractivity (Wildman–Crippen MR) is 120 cm³/mol. The van der Waals surface area contributed by atoms with E-state index in [4.69, 9.17) is 9.47 Å². The van der Waals surface area contributed by atoms with Gasteiger partial charge in [-0.15, -0.1) is 0 Å². The first-order valence-corrected chi connectivity index (χ1v) is 9.96. The molecule has 0 aliphatic carbocycles. The lowest BCUT2D eigenvalue weighted by atomic mass is 10.1. The molecule has 3 aromatic rings. The Kier molecular flexibility index (Phi) is 8.09. The Balaban J connectivity index is 1.43. The van der Waals surface area contributed by atoms with Crippen molar-refractivity contribution in [1.82, 2.24) is 15.6 Å². The average molecular weight is 405 g/mol. The number of rotatable bonds is 9. The maximum atomic E-state index is 5.85. The van der Waals surface area contributed by atoms with E-state index in [1.807, 2.05) is 48.5 Å². The minimum absolute atomic E-state index is 0.451. The highest BCUT2D eigenvalue weighted by atomic mass is 16.5. The number of aromatic nitrogens is 1. The molecule has 2 aromatic carbocycles. The number of guanidine groups is 1. The van der Waals surface area contributed by atoms with Gasteiger partial charge in [0.25, 0.3) is 0 Å². The van der Waals surface area contributed by atoms with E-state index in [1.165, 1.54) is 5.56 Å². The minimum atomic E-state index is 0.451. The molecular weight excluding hydrogens is 376 g/mol. The Labute approximate surface area is 178 Å². The van der Waals surface area contributed by atoms with Crippen LogP contribution in [0.15, 0.2) is 77.9 Å². The normalized spacial score (nSPS) is 11.1. The van der Waals surface area contributed by atoms with Crippen molar-refractivity contribution in [2.75, 3.05) is 20.7 Å². The minimum Gasteiger partial charge on any atom is -0.497 e. The molecule has 3 rings (SSSR count). The van der Waals surface area contributed by atoms with Gasteiger partial charge in [0.1, 0.15) is 18.1 Å². The molecule has 0 bridgehead atoms. The maximum absolute atomic E-state index is 5.85. The van der Waals surface area contributed by atoms with Crippen LogP contribution in [0.25, 0.3) is 0 Å². The molecule has 0 aliphatic heterocycles. The second-order valence-electron chi connectivity index (χ2n) is 6.71. The molecule has 0 radical (unpaired) electrons. The third-order valence-electron chi connectivity index (χ3n) is 4.56. The standard InChI is InChI=1S/C24H28N4O2/c1-25-24(27-15-13-19-9-11-22(29-2)12-10-19)28-17-20-6-5-8-23(16-20)30-18-21-7-3-4-14-26-21/h3-12,14,16H,13,15,17-18H2,1-2H3,(H2,25,27,28). The number of hydrogen-bond acceptors (Lipinski definition) is 4. The Hall–Kier alpha value is -3.54. The number of nitrogens with one attached hydrogen (secondary N) is 2. The number of ether oxygens (including phenoxy) is 2. The molecule has 0 spiro atoms. The number of nitrogens with zero attached hydrogens (tertiary/aromatic N) is 2. The molecule has 2 N–H and O–H groups in total. The van der Waals surface area contributed by atoms with Crippen molar-refractivity contribution >= 4 is 5.96 Å². The lowest BCUT2D eigenvalue weighted by molar-refractivity contribution is 0.301. The van der Waals surface area contributed by atoms with Crippen LogP contribution in [0.2, 0.25) is 0 Å². The molecule has 0 saturated heterocycles. The summed E-state index contributed by atoms with van der Waals surface area (Å²) in [5, 5.41) is 6.69. The number of aliphatic imine (C=N–C) groups is 1. The van der Waals surface area contributed by atoms with Gasteiger partial charge in [0.05, 0.1) is 12.8 Å². The van der Waals surface area contributed by atoms with E-state index in [1.54, 1.807) is 20.4 Å². The van der Waals surface area contributed by atoms with Crippen molar-refractivity contribution in [3.8, 4) is 11.5 Å². The zero-order valence-corrected chi connectivity index (χ0v) is 17.5. The van der Waals surface area contributed by atoms with Crippen molar-refractivity contribution in [3.05, 3.63) is 89.7 Å². The summed E-state index contributed by atoms with van der Waals surface area (Å²) in [6.45, 7) is 1.90. The van der Waals surface area contributed by atoms with Gasteiger partial charge in [0.15, 0.2) is 5.96 Å². The molecule has 0 atom stereocenters. The Morgan fingerprint density at radius 1 is 0.933 bits per heavy atom. The highest BCUT2D eigenvalue weighted by Crippen LogP contribution is 2.15. The molecule has 156 valence electrons. The molecule has 0 fully saturated rings. The van der Waals surface area contributed by atoms with E-state index in [0.717, 1.165) is 41.7 Å². The van der Waals surface area contributed by atoms with E-state index >= 15 is 0 Å². The fourth-order valence-electron chi connectivity index (χ4n) is 2.91. The van der Waals surface area contributed by atoms with Gasteiger partial charge in [-0.1, -0.05) is 30.3 Å². The highest BCUT2D eigenvalue weighted by molar-refractivity contribution is 5.79. The molecule has 6 heteroatoms. The first kappa shape index (κ1) is 21.2. The summed E-state index contributed by atoms with van der Waals surface area (Å²) in [5.74, 6) is 2.46. The van der Waals surface area contributed by atoms with Crippen molar-refractivity contribution in [3.63, 3.8) is 0 Å². The topological polar surface area (TPSA) is 67.8 Å². The Bertz CT molecular complexity index is 927. The number of hydrogen-bond donors (Lipinski definition) is 2. The van der Waals surface area contributed by atoms with Crippen LogP contribution in [0.4, 0.5) is 0 Å². The average Bonchev–Trinajstić information content (AvgIpc) is 2.81. The van der Waals surface area contributed by atoms with Crippen LogP contribution in [-0.4, -0.2) is 31.6 Å². The zero-order chi connectivity index (χ0) is 21.0. The van der Waals surface area contributed by atoms with Gasteiger partial charge in [-0.3, -0.25) is 9.98 Å². The SMILES string of the molecule is CN=C(NCCc1ccc(OC)cc1)NCc1cccc(OCc2ccccn2)c1. The van der Waals surface area contributed by atoms with Crippen LogP contribution in [0.1, 0.15) is 16.8 Å². The second-order valence-corrected chi connectivity index (χ2v) is 6.71. The summed E-state index contributed by atoms with van der Waals surface area (Å²) in [6.07, 6.45) is 2.67. The molecule has 0 aliphatic rings. The molecule has 0 saturated carbocycles. The maximum Gasteiger partial charge on any atom is 0.191 e. The molecule has 30 heavy (non-hydrogen) atoms. The Morgan fingerprint density at radius 3 is 2.53 bits per heavy atom.